The van der Waals surface area contributed by atoms with E-state index in [-0.39, 0.29) is 44.3 Å². The van der Waals surface area contributed by atoms with E-state index < -0.39 is 47.8 Å². The Hall–Kier alpha value is -3.02. The van der Waals surface area contributed by atoms with Gasteiger partial charge >= 0.3 is 17.9 Å². The summed E-state index contributed by atoms with van der Waals surface area (Å²) in [4.78, 5) is 68.3. The largest absolute Gasteiger partial charge is 0.480 e. The van der Waals surface area contributed by atoms with Crippen LogP contribution in [0.4, 0.5) is 0 Å². The fraction of sp³-hybridized carbons (Fsp3) is 0.667. The maximum atomic E-state index is 11.9. The molecular weight excluding hydrogens is 402 g/mol. The molecule has 0 unspecified atom stereocenters. The summed E-state index contributed by atoms with van der Waals surface area (Å²) in [7, 11) is 0. The molecule has 0 aliphatic heterocycles. The fourth-order valence-corrected chi connectivity index (χ4v) is 2.51. The molecule has 12 nitrogen and oxygen atoms in total. The fourth-order valence-electron chi connectivity index (χ4n) is 2.51. The highest BCUT2D eigenvalue weighted by Crippen LogP contribution is 2.04. The van der Waals surface area contributed by atoms with Crippen LogP contribution in [0.5, 0.6) is 0 Å². The third kappa shape index (κ3) is 11.7. The molecule has 0 bridgehead atoms. The van der Waals surface area contributed by atoms with Crippen LogP contribution in [0.25, 0.3) is 0 Å². The monoisotopic (exact) mass is 431 g/mol. The Morgan fingerprint density at radius 2 is 1.03 bits per heavy atom. The number of carbonyl (C=O) groups excluding carboxylic acids is 3. The number of aliphatic carboxylic acids is 3. The lowest BCUT2D eigenvalue weighted by atomic mass is 10.1. The number of ketones is 1. The molecule has 2 amide bonds. The van der Waals surface area contributed by atoms with Gasteiger partial charge in [-0.05, 0) is 32.7 Å². The molecule has 0 spiro atoms. The first-order chi connectivity index (χ1) is 14.0. The molecule has 0 aromatic carbocycles. The molecular formula is C18H29N3O9. The average molecular weight is 431 g/mol. The molecule has 170 valence electrons. The lowest BCUT2D eigenvalue weighted by Crippen LogP contribution is -2.44. The highest BCUT2D eigenvalue weighted by atomic mass is 16.4. The van der Waals surface area contributed by atoms with Crippen molar-refractivity contribution in [3.8, 4) is 0 Å². The summed E-state index contributed by atoms with van der Waals surface area (Å²) in [6, 6.07) is -3.62. The average Bonchev–Trinajstić information content (AvgIpc) is 2.64. The van der Waals surface area contributed by atoms with E-state index in [4.69, 9.17) is 10.2 Å². The van der Waals surface area contributed by atoms with Crippen LogP contribution in [0.1, 0.15) is 52.4 Å². The number of nitrogens with one attached hydrogen (secondary N) is 3. The zero-order chi connectivity index (χ0) is 23.3. The van der Waals surface area contributed by atoms with Gasteiger partial charge in [-0.1, -0.05) is 6.92 Å². The summed E-state index contributed by atoms with van der Waals surface area (Å²) in [6.07, 6.45) is -1.05. The Labute approximate surface area is 173 Å². The van der Waals surface area contributed by atoms with E-state index in [1.807, 2.05) is 0 Å². The molecule has 0 saturated heterocycles. The van der Waals surface area contributed by atoms with Crippen molar-refractivity contribution in [2.45, 2.75) is 70.5 Å². The van der Waals surface area contributed by atoms with E-state index in [1.165, 1.54) is 6.92 Å². The predicted octanol–water partition coefficient (Wildman–Crippen LogP) is -0.882. The van der Waals surface area contributed by atoms with Crippen LogP contribution in [0.15, 0.2) is 0 Å². The summed E-state index contributed by atoms with van der Waals surface area (Å²) in [5, 5.41) is 34.4. The molecule has 0 saturated carbocycles. The van der Waals surface area contributed by atoms with Crippen molar-refractivity contribution in [1.29, 1.82) is 0 Å². The second-order valence-corrected chi connectivity index (χ2v) is 6.68. The lowest BCUT2D eigenvalue weighted by Gasteiger charge is -2.17. The van der Waals surface area contributed by atoms with Crippen LogP contribution < -0.4 is 16.0 Å². The van der Waals surface area contributed by atoms with Crippen molar-refractivity contribution in [2.24, 2.45) is 0 Å². The van der Waals surface area contributed by atoms with E-state index in [2.05, 4.69) is 16.0 Å². The van der Waals surface area contributed by atoms with Gasteiger partial charge in [0.05, 0.1) is 0 Å². The third-order valence-corrected chi connectivity index (χ3v) is 4.12. The van der Waals surface area contributed by atoms with E-state index in [9.17, 15) is 33.9 Å². The standard InChI is InChI=1S/C18H29N3O9/c1-3-19-11(16(25)26)6-8-14(23)21-13(18(29)30)7-9-15(24)20-12(17(27)28)5-4-10(2)22/h11-13,19H,3-9H2,1-2H3,(H,20,24)(H,21,23)(H,25,26)(H,27,28)(H,29,30)/t11-,12-,13+/m0/s1. The molecule has 0 heterocycles. The van der Waals surface area contributed by atoms with E-state index in [0.717, 1.165) is 0 Å². The number of amides is 2. The first kappa shape index (κ1) is 27.0. The number of hydrogen-bond donors (Lipinski definition) is 6. The first-order valence-corrected chi connectivity index (χ1v) is 9.47. The molecule has 0 aromatic rings. The Kier molecular flexibility index (Phi) is 12.6. The number of carbonyl (C=O) groups is 6. The Morgan fingerprint density at radius 1 is 0.667 bits per heavy atom. The minimum Gasteiger partial charge on any atom is -0.480 e. The van der Waals surface area contributed by atoms with Gasteiger partial charge in [-0.15, -0.1) is 0 Å². The van der Waals surface area contributed by atoms with Gasteiger partial charge in [0, 0.05) is 19.3 Å². The smallest absolute Gasteiger partial charge is 0.326 e. The Bertz CT molecular complexity index is 651. The van der Waals surface area contributed by atoms with Crippen molar-refractivity contribution in [2.75, 3.05) is 6.54 Å². The summed E-state index contributed by atoms with van der Waals surface area (Å²) in [6.45, 7) is 3.38. The minimum absolute atomic E-state index is 0.0325. The van der Waals surface area contributed by atoms with E-state index >= 15 is 0 Å². The first-order valence-electron chi connectivity index (χ1n) is 9.47. The van der Waals surface area contributed by atoms with Crippen LogP contribution in [-0.4, -0.2) is 75.5 Å². The highest BCUT2D eigenvalue weighted by molar-refractivity contribution is 5.86. The predicted molar refractivity (Wildman–Crippen MR) is 103 cm³/mol. The number of rotatable bonds is 16. The van der Waals surface area contributed by atoms with Crippen molar-refractivity contribution in [3.05, 3.63) is 0 Å². The lowest BCUT2D eigenvalue weighted by molar-refractivity contribution is -0.143. The minimum atomic E-state index is -1.40. The Balaban J connectivity index is 4.63. The number of likely N-dealkylation sites (N-methyl/N-ethyl adjacent to an activating group) is 1. The van der Waals surface area contributed by atoms with Gasteiger partial charge in [-0.25, -0.2) is 9.59 Å². The second-order valence-electron chi connectivity index (χ2n) is 6.68. The summed E-state index contributed by atoms with van der Waals surface area (Å²) >= 11 is 0. The zero-order valence-corrected chi connectivity index (χ0v) is 17.0. The number of Topliss-reactive ketones (excluding diaryl/α,β-unsaturated/α-hetero) is 1. The van der Waals surface area contributed by atoms with Gasteiger partial charge in [0.25, 0.3) is 0 Å². The van der Waals surface area contributed by atoms with Crippen molar-refractivity contribution in [3.63, 3.8) is 0 Å². The summed E-state index contributed by atoms with van der Waals surface area (Å²) in [5.41, 5.74) is 0. The van der Waals surface area contributed by atoms with Crippen LogP contribution in [-0.2, 0) is 28.8 Å². The molecule has 0 radical (unpaired) electrons. The number of carboxylic acid groups (broad SMARTS) is 3. The zero-order valence-electron chi connectivity index (χ0n) is 17.0. The molecule has 0 rings (SSSR count). The Morgan fingerprint density at radius 3 is 1.37 bits per heavy atom. The quantitative estimate of drug-likeness (QED) is 0.178. The van der Waals surface area contributed by atoms with Gasteiger partial charge in [-0.3, -0.25) is 14.4 Å². The third-order valence-electron chi connectivity index (χ3n) is 4.12. The van der Waals surface area contributed by atoms with Gasteiger partial charge < -0.3 is 36.1 Å². The second kappa shape index (κ2) is 14.0. The maximum Gasteiger partial charge on any atom is 0.326 e. The maximum absolute atomic E-state index is 11.9. The van der Waals surface area contributed by atoms with E-state index in [0.29, 0.717) is 6.54 Å². The van der Waals surface area contributed by atoms with Crippen molar-refractivity contribution < 1.29 is 44.1 Å². The molecule has 0 aliphatic carbocycles. The molecule has 0 aromatic heterocycles. The topological polar surface area (TPSA) is 199 Å². The number of carboxylic acids is 3. The van der Waals surface area contributed by atoms with E-state index in [1.54, 1.807) is 6.92 Å². The number of hydrogen-bond acceptors (Lipinski definition) is 7. The molecule has 6 N–H and O–H groups in total. The normalized spacial score (nSPS) is 13.5. The van der Waals surface area contributed by atoms with Crippen molar-refractivity contribution in [1.82, 2.24) is 16.0 Å². The molecule has 12 heteroatoms. The molecule has 30 heavy (non-hydrogen) atoms. The van der Waals surface area contributed by atoms with Crippen LogP contribution in [0, 0.1) is 0 Å². The van der Waals surface area contributed by atoms with Crippen molar-refractivity contribution >= 4 is 35.5 Å². The van der Waals surface area contributed by atoms with Crippen LogP contribution >= 0.6 is 0 Å². The molecule has 0 aliphatic rings. The molecule has 0 fully saturated rings. The highest BCUT2D eigenvalue weighted by Gasteiger charge is 2.25. The summed E-state index contributed by atoms with van der Waals surface area (Å²) < 4.78 is 0. The molecule has 3 atom stereocenters. The van der Waals surface area contributed by atoms with Gasteiger partial charge in [-0.2, -0.15) is 0 Å². The SMILES string of the molecule is CCN[C@@H](CCC(=O)N[C@H](CCC(=O)N[C@@H](CCC(C)=O)C(=O)O)C(=O)O)C(=O)O. The van der Waals surface area contributed by atoms with Crippen LogP contribution in [0.2, 0.25) is 0 Å². The summed E-state index contributed by atoms with van der Waals surface area (Å²) in [5.74, 6) is -5.48. The van der Waals surface area contributed by atoms with Gasteiger partial charge in [0.15, 0.2) is 0 Å². The van der Waals surface area contributed by atoms with Gasteiger partial charge in [0.2, 0.25) is 11.8 Å². The van der Waals surface area contributed by atoms with Gasteiger partial charge in [0.1, 0.15) is 23.9 Å². The van der Waals surface area contributed by atoms with Crippen LogP contribution in [0.3, 0.4) is 0 Å².